The first-order valence-corrected chi connectivity index (χ1v) is 11.2. The Kier molecular flexibility index (Phi) is 17.8. The number of carbonyl (C=O) groups is 1. The number of nitrogens with one attached hydrogen (secondary N) is 4. The van der Waals surface area contributed by atoms with Crippen molar-refractivity contribution in [2.45, 2.75) is 71.8 Å². The molecule has 0 unspecified atom stereocenters. The Morgan fingerprint density at radius 1 is 0.786 bits per heavy atom. The highest BCUT2D eigenvalue weighted by atomic mass is 16.2. The summed E-state index contributed by atoms with van der Waals surface area (Å²) in [5.74, 6) is -0.0220. The van der Waals surface area contributed by atoms with Crippen molar-refractivity contribution in [3.8, 4) is 0 Å². The van der Waals surface area contributed by atoms with Crippen LogP contribution in [-0.2, 0) is 4.79 Å². The lowest BCUT2D eigenvalue weighted by Gasteiger charge is -2.18. The fourth-order valence-corrected chi connectivity index (χ4v) is 2.74. The molecule has 168 valence electrons. The Morgan fingerprint density at radius 2 is 1.32 bits per heavy atom. The van der Waals surface area contributed by atoms with Crippen LogP contribution in [0.4, 0.5) is 0 Å². The summed E-state index contributed by atoms with van der Waals surface area (Å²) in [5.41, 5.74) is 11.7. The van der Waals surface area contributed by atoms with Gasteiger partial charge in [0.05, 0.1) is 6.04 Å². The van der Waals surface area contributed by atoms with Gasteiger partial charge in [-0.15, -0.1) is 0 Å². The maximum absolute atomic E-state index is 12.0. The Hall–Kier alpha value is -0.730. The molecule has 0 saturated carbocycles. The SMILES string of the molecule is CC(C)(C)CNCCCC[C@@H](N)C(=O)NCCCNCCCCNCCCN. The topological polar surface area (TPSA) is 117 Å². The second-order valence-corrected chi connectivity index (χ2v) is 8.83. The highest BCUT2D eigenvalue weighted by Gasteiger charge is 2.12. The molecule has 0 spiro atoms. The third-order valence-electron chi connectivity index (χ3n) is 4.46. The molecular formula is C21H48N6O. The molecular weight excluding hydrogens is 352 g/mol. The van der Waals surface area contributed by atoms with Crippen LogP contribution < -0.4 is 32.7 Å². The van der Waals surface area contributed by atoms with E-state index in [4.69, 9.17) is 11.5 Å². The number of hydrogen-bond acceptors (Lipinski definition) is 6. The van der Waals surface area contributed by atoms with Crippen LogP contribution in [0.3, 0.4) is 0 Å². The molecule has 0 bridgehead atoms. The molecule has 0 aromatic heterocycles. The number of nitrogens with two attached hydrogens (primary N) is 2. The van der Waals surface area contributed by atoms with E-state index in [0.717, 1.165) is 84.3 Å². The van der Waals surface area contributed by atoms with Crippen LogP contribution in [0.1, 0.15) is 65.7 Å². The quantitative estimate of drug-likeness (QED) is 0.180. The average molecular weight is 401 g/mol. The third kappa shape index (κ3) is 20.0. The largest absolute Gasteiger partial charge is 0.355 e. The van der Waals surface area contributed by atoms with E-state index in [1.165, 1.54) is 6.42 Å². The lowest BCUT2D eigenvalue weighted by atomic mass is 9.97. The van der Waals surface area contributed by atoms with E-state index >= 15 is 0 Å². The lowest BCUT2D eigenvalue weighted by molar-refractivity contribution is -0.122. The summed E-state index contributed by atoms with van der Waals surface area (Å²) >= 11 is 0. The van der Waals surface area contributed by atoms with Crippen LogP contribution in [0.5, 0.6) is 0 Å². The van der Waals surface area contributed by atoms with E-state index in [0.29, 0.717) is 12.0 Å². The molecule has 0 aliphatic heterocycles. The van der Waals surface area contributed by atoms with Crippen LogP contribution >= 0.6 is 0 Å². The van der Waals surface area contributed by atoms with Gasteiger partial charge in [-0.05, 0) is 89.8 Å². The standard InChI is InChI=1S/C21H48N6O/c1-21(2,3)18-26-14-5-4-10-19(23)20(28)27-17-9-16-25-13-7-6-12-24-15-8-11-22/h19,24-26H,4-18,22-23H2,1-3H3,(H,27,28)/t19-/m1/s1. The maximum atomic E-state index is 12.0. The second kappa shape index (κ2) is 18.3. The maximum Gasteiger partial charge on any atom is 0.236 e. The minimum absolute atomic E-state index is 0.0220. The Morgan fingerprint density at radius 3 is 1.93 bits per heavy atom. The van der Waals surface area contributed by atoms with E-state index in [1.807, 2.05) is 0 Å². The van der Waals surface area contributed by atoms with Crippen molar-refractivity contribution in [2.75, 3.05) is 52.4 Å². The zero-order chi connectivity index (χ0) is 21.1. The molecule has 8 N–H and O–H groups in total. The predicted octanol–water partition coefficient (Wildman–Crippen LogP) is 0.934. The first kappa shape index (κ1) is 27.3. The van der Waals surface area contributed by atoms with Gasteiger partial charge in [0.2, 0.25) is 5.91 Å². The molecule has 1 amide bonds. The Balaban J connectivity index is 3.37. The Bertz CT molecular complexity index is 359. The number of amides is 1. The first-order valence-electron chi connectivity index (χ1n) is 11.2. The normalized spacial score (nSPS) is 12.9. The molecule has 1 atom stereocenters. The van der Waals surface area contributed by atoms with Crippen molar-refractivity contribution in [3.63, 3.8) is 0 Å². The van der Waals surface area contributed by atoms with Gasteiger partial charge in [-0.3, -0.25) is 4.79 Å². The van der Waals surface area contributed by atoms with E-state index in [2.05, 4.69) is 42.0 Å². The van der Waals surface area contributed by atoms with Gasteiger partial charge in [0.1, 0.15) is 0 Å². The van der Waals surface area contributed by atoms with Crippen molar-refractivity contribution in [2.24, 2.45) is 16.9 Å². The second-order valence-electron chi connectivity index (χ2n) is 8.83. The van der Waals surface area contributed by atoms with Gasteiger partial charge in [0.25, 0.3) is 0 Å². The molecule has 7 heteroatoms. The average Bonchev–Trinajstić information content (AvgIpc) is 2.64. The molecule has 0 aliphatic carbocycles. The van der Waals surface area contributed by atoms with Crippen LogP contribution in [0, 0.1) is 5.41 Å². The zero-order valence-corrected chi connectivity index (χ0v) is 18.7. The summed E-state index contributed by atoms with van der Waals surface area (Å²) < 4.78 is 0. The van der Waals surface area contributed by atoms with Crippen molar-refractivity contribution in [1.29, 1.82) is 0 Å². The molecule has 0 fully saturated rings. The van der Waals surface area contributed by atoms with Crippen LogP contribution in [0.2, 0.25) is 0 Å². The molecule has 0 aromatic carbocycles. The van der Waals surface area contributed by atoms with Gasteiger partial charge < -0.3 is 32.7 Å². The van der Waals surface area contributed by atoms with Crippen LogP contribution in [-0.4, -0.2) is 64.3 Å². The van der Waals surface area contributed by atoms with E-state index in [-0.39, 0.29) is 11.9 Å². The number of hydrogen-bond donors (Lipinski definition) is 6. The summed E-state index contributed by atoms with van der Waals surface area (Å²) in [6, 6.07) is -0.387. The number of rotatable bonds is 19. The summed E-state index contributed by atoms with van der Waals surface area (Å²) in [6.07, 6.45) is 7.11. The van der Waals surface area contributed by atoms with Crippen LogP contribution in [0.25, 0.3) is 0 Å². The highest BCUT2D eigenvalue weighted by molar-refractivity contribution is 5.81. The van der Waals surface area contributed by atoms with Gasteiger partial charge in [-0.2, -0.15) is 0 Å². The summed E-state index contributed by atoms with van der Waals surface area (Å²) in [5, 5.41) is 13.2. The number of carbonyl (C=O) groups excluding carboxylic acids is 1. The van der Waals surface area contributed by atoms with Crippen molar-refractivity contribution in [3.05, 3.63) is 0 Å². The fourth-order valence-electron chi connectivity index (χ4n) is 2.74. The van der Waals surface area contributed by atoms with E-state index in [1.54, 1.807) is 0 Å². The van der Waals surface area contributed by atoms with E-state index in [9.17, 15) is 4.79 Å². The lowest BCUT2D eigenvalue weighted by Crippen LogP contribution is -2.41. The van der Waals surface area contributed by atoms with Crippen molar-refractivity contribution >= 4 is 5.91 Å². The van der Waals surface area contributed by atoms with Gasteiger partial charge in [-0.25, -0.2) is 0 Å². The van der Waals surface area contributed by atoms with Crippen molar-refractivity contribution < 1.29 is 4.79 Å². The third-order valence-corrected chi connectivity index (χ3v) is 4.46. The molecule has 0 aliphatic rings. The summed E-state index contributed by atoms with van der Waals surface area (Å²) in [7, 11) is 0. The molecule has 0 radical (unpaired) electrons. The van der Waals surface area contributed by atoms with E-state index < -0.39 is 0 Å². The summed E-state index contributed by atoms with van der Waals surface area (Å²) in [6.45, 7) is 14.1. The summed E-state index contributed by atoms with van der Waals surface area (Å²) in [4.78, 5) is 12.0. The van der Waals surface area contributed by atoms with Gasteiger partial charge in [0, 0.05) is 6.54 Å². The molecule has 0 aromatic rings. The van der Waals surface area contributed by atoms with Gasteiger partial charge in [0.15, 0.2) is 0 Å². The predicted molar refractivity (Wildman–Crippen MR) is 120 cm³/mol. The van der Waals surface area contributed by atoms with Gasteiger partial charge in [-0.1, -0.05) is 27.2 Å². The smallest absolute Gasteiger partial charge is 0.236 e. The minimum Gasteiger partial charge on any atom is -0.355 e. The minimum atomic E-state index is -0.387. The van der Waals surface area contributed by atoms with Gasteiger partial charge >= 0.3 is 0 Å². The fraction of sp³-hybridized carbons (Fsp3) is 0.952. The molecule has 0 heterocycles. The first-order chi connectivity index (χ1) is 13.4. The molecule has 0 saturated heterocycles. The van der Waals surface area contributed by atoms with Crippen LogP contribution in [0.15, 0.2) is 0 Å². The Labute approximate surface area is 173 Å². The molecule has 7 nitrogen and oxygen atoms in total. The number of unbranched alkanes of at least 4 members (excludes halogenated alkanes) is 2. The van der Waals surface area contributed by atoms with Crippen molar-refractivity contribution in [1.82, 2.24) is 21.3 Å². The highest BCUT2D eigenvalue weighted by Crippen LogP contribution is 2.10. The molecule has 0 rings (SSSR count). The molecule has 28 heavy (non-hydrogen) atoms. The monoisotopic (exact) mass is 400 g/mol. The zero-order valence-electron chi connectivity index (χ0n) is 18.7.